The molecule has 10 heteroatoms. The van der Waals surface area contributed by atoms with Gasteiger partial charge in [-0.3, -0.25) is 0 Å². The molecule has 4 heterocycles. The number of halogens is 1. The van der Waals surface area contributed by atoms with E-state index >= 15 is 4.39 Å². The molecule has 36 heavy (non-hydrogen) atoms. The number of anilines is 1. The maximum Gasteiger partial charge on any atom is 0.256 e. The SMILES string of the molecule is COc1cc(-c2ccc(-c3cnc(N(C4CC4)[C@@H]4C[C@@H]5CC[C@H](N5)[C@@H]4F)nn3)c(O)c2)cnc1OC. The molecule has 6 rings (SSSR count). The van der Waals surface area contributed by atoms with E-state index in [0.717, 1.165) is 43.2 Å². The molecule has 2 bridgehead atoms. The number of fused-ring (bicyclic) bond motifs is 2. The highest BCUT2D eigenvalue weighted by molar-refractivity contribution is 5.74. The first-order valence-corrected chi connectivity index (χ1v) is 12.4. The first kappa shape index (κ1) is 22.9. The van der Waals surface area contributed by atoms with Gasteiger partial charge in [0.15, 0.2) is 5.75 Å². The van der Waals surface area contributed by atoms with Crippen LogP contribution in [0.1, 0.15) is 32.1 Å². The number of nitrogens with one attached hydrogen (secondary N) is 1. The van der Waals surface area contributed by atoms with Crippen molar-refractivity contribution in [1.29, 1.82) is 0 Å². The number of pyridine rings is 1. The van der Waals surface area contributed by atoms with Crippen LogP contribution in [0.2, 0.25) is 0 Å². The summed E-state index contributed by atoms with van der Waals surface area (Å²) in [6.07, 6.45) is 7.01. The minimum atomic E-state index is -0.949. The number of aromatic nitrogens is 4. The van der Waals surface area contributed by atoms with E-state index in [0.29, 0.717) is 34.9 Å². The van der Waals surface area contributed by atoms with Crippen LogP contribution in [0.4, 0.5) is 10.3 Å². The maximum absolute atomic E-state index is 15.3. The Morgan fingerprint density at radius 1 is 1.00 bits per heavy atom. The third kappa shape index (κ3) is 4.09. The van der Waals surface area contributed by atoms with Crippen molar-refractivity contribution >= 4 is 5.95 Å². The molecular weight excluding hydrogens is 463 g/mol. The molecule has 2 N–H and O–H groups in total. The van der Waals surface area contributed by atoms with Crippen LogP contribution in [-0.4, -0.2) is 69.8 Å². The van der Waals surface area contributed by atoms with E-state index in [1.165, 1.54) is 7.11 Å². The average molecular weight is 493 g/mol. The van der Waals surface area contributed by atoms with Crippen molar-refractivity contribution < 1.29 is 19.0 Å². The molecule has 3 fully saturated rings. The zero-order valence-corrected chi connectivity index (χ0v) is 20.3. The van der Waals surface area contributed by atoms with Gasteiger partial charge in [0, 0.05) is 35.4 Å². The van der Waals surface area contributed by atoms with E-state index in [1.807, 2.05) is 6.07 Å². The predicted octanol–water partition coefficient (Wildman–Crippen LogP) is 3.52. The third-order valence-corrected chi connectivity index (χ3v) is 7.47. The van der Waals surface area contributed by atoms with Crippen molar-refractivity contribution in [3.8, 4) is 39.8 Å². The molecule has 2 saturated heterocycles. The van der Waals surface area contributed by atoms with Crippen molar-refractivity contribution in [2.75, 3.05) is 19.1 Å². The maximum atomic E-state index is 15.3. The first-order chi connectivity index (χ1) is 17.6. The zero-order valence-electron chi connectivity index (χ0n) is 20.3. The molecule has 4 atom stereocenters. The summed E-state index contributed by atoms with van der Waals surface area (Å²) in [5, 5.41) is 22.9. The van der Waals surface area contributed by atoms with Crippen LogP contribution in [0, 0.1) is 0 Å². The number of ether oxygens (including phenoxy) is 2. The second-order valence-corrected chi connectivity index (χ2v) is 9.74. The normalized spacial score (nSPS) is 25.0. The van der Waals surface area contributed by atoms with Gasteiger partial charge in [0.1, 0.15) is 17.6 Å². The molecule has 9 nitrogen and oxygen atoms in total. The molecule has 2 aromatic heterocycles. The first-order valence-electron chi connectivity index (χ1n) is 12.4. The van der Waals surface area contributed by atoms with Crippen molar-refractivity contribution in [2.45, 2.75) is 62.4 Å². The fraction of sp³-hybridized carbons (Fsp3) is 0.462. The van der Waals surface area contributed by atoms with E-state index in [2.05, 4.69) is 30.4 Å². The summed E-state index contributed by atoms with van der Waals surface area (Å²) in [7, 11) is 3.08. The van der Waals surface area contributed by atoms with E-state index in [4.69, 9.17) is 9.47 Å². The van der Waals surface area contributed by atoms with Gasteiger partial charge in [0.05, 0.1) is 26.5 Å². The van der Waals surface area contributed by atoms with Gasteiger partial charge in [-0.2, -0.15) is 0 Å². The largest absolute Gasteiger partial charge is 0.507 e. The fourth-order valence-electron chi connectivity index (χ4n) is 5.51. The molecule has 1 aliphatic carbocycles. The quantitative estimate of drug-likeness (QED) is 0.512. The molecule has 1 saturated carbocycles. The summed E-state index contributed by atoms with van der Waals surface area (Å²) >= 11 is 0. The monoisotopic (exact) mass is 492 g/mol. The summed E-state index contributed by atoms with van der Waals surface area (Å²) in [6.45, 7) is 0. The van der Waals surface area contributed by atoms with E-state index < -0.39 is 6.17 Å². The summed E-state index contributed by atoms with van der Waals surface area (Å²) in [5.41, 5.74) is 2.49. The standard InChI is InChI=1S/C26H29FN6O3/c1-35-23-10-15(12-28-25(23)36-2)14-3-7-18(22(34)9-14)20-13-29-26(32-31-20)33(17-5-6-17)21-11-16-4-8-19(30-16)24(21)27/h3,7,9-10,12-13,16-17,19,21,24,30,34H,4-6,8,11H2,1-2H3/t16-,19-,21+,24-/m0/s1. The smallest absolute Gasteiger partial charge is 0.256 e. The Morgan fingerprint density at radius 2 is 1.86 bits per heavy atom. The number of phenols is 1. The highest BCUT2D eigenvalue weighted by Crippen LogP contribution is 2.40. The van der Waals surface area contributed by atoms with Crippen LogP contribution in [0.15, 0.2) is 36.7 Å². The van der Waals surface area contributed by atoms with Gasteiger partial charge in [-0.1, -0.05) is 6.07 Å². The molecule has 2 aliphatic heterocycles. The summed E-state index contributed by atoms with van der Waals surface area (Å²) in [6, 6.07) is 7.38. The fourth-order valence-corrected chi connectivity index (χ4v) is 5.51. The molecule has 3 aromatic rings. The molecule has 0 radical (unpaired) electrons. The van der Waals surface area contributed by atoms with Crippen molar-refractivity contribution in [1.82, 2.24) is 25.5 Å². The van der Waals surface area contributed by atoms with Gasteiger partial charge in [-0.05, 0) is 55.9 Å². The van der Waals surface area contributed by atoms with Crippen LogP contribution in [0.5, 0.6) is 17.4 Å². The predicted molar refractivity (Wildman–Crippen MR) is 132 cm³/mol. The number of benzene rings is 1. The highest BCUT2D eigenvalue weighted by Gasteiger charge is 2.48. The lowest BCUT2D eigenvalue weighted by atomic mass is 9.96. The van der Waals surface area contributed by atoms with Gasteiger partial charge in [0.2, 0.25) is 5.95 Å². The number of nitrogens with zero attached hydrogens (tertiary/aromatic N) is 5. The van der Waals surface area contributed by atoms with Crippen LogP contribution < -0.4 is 19.7 Å². The number of phenolic OH excluding ortho intramolecular Hbond substituents is 1. The summed E-state index contributed by atoms with van der Waals surface area (Å²) < 4.78 is 25.8. The van der Waals surface area contributed by atoms with E-state index in [1.54, 1.807) is 37.7 Å². The Morgan fingerprint density at radius 3 is 2.56 bits per heavy atom. The van der Waals surface area contributed by atoms with Crippen molar-refractivity contribution in [3.63, 3.8) is 0 Å². The molecule has 188 valence electrons. The van der Waals surface area contributed by atoms with E-state index in [-0.39, 0.29) is 23.9 Å². The van der Waals surface area contributed by atoms with Crippen LogP contribution in [0.3, 0.4) is 0 Å². The number of piperidine rings is 1. The molecule has 0 spiro atoms. The third-order valence-electron chi connectivity index (χ3n) is 7.47. The Hall–Kier alpha value is -3.53. The number of hydrogen-bond donors (Lipinski definition) is 2. The lowest BCUT2D eigenvalue weighted by Crippen LogP contribution is -2.57. The number of alkyl halides is 1. The van der Waals surface area contributed by atoms with Gasteiger partial charge in [-0.25, -0.2) is 14.4 Å². The molecule has 0 amide bonds. The number of methoxy groups -OCH3 is 2. The molecule has 0 unspecified atom stereocenters. The summed E-state index contributed by atoms with van der Waals surface area (Å²) in [4.78, 5) is 10.9. The second kappa shape index (κ2) is 9.16. The lowest BCUT2D eigenvalue weighted by Gasteiger charge is -2.40. The number of aromatic hydroxyl groups is 1. The Kier molecular flexibility index (Phi) is 5.83. The number of rotatable bonds is 7. The van der Waals surface area contributed by atoms with Crippen molar-refractivity contribution in [2.24, 2.45) is 0 Å². The van der Waals surface area contributed by atoms with Gasteiger partial charge in [-0.15, -0.1) is 10.2 Å². The van der Waals surface area contributed by atoms with Gasteiger partial charge in [0.25, 0.3) is 5.88 Å². The highest BCUT2D eigenvalue weighted by atomic mass is 19.1. The second-order valence-electron chi connectivity index (χ2n) is 9.74. The Labute approximate surface area is 208 Å². The van der Waals surface area contributed by atoms with Gasteiger partial charge >= 0.3 is 0 Å². The minimum Gasteiger partial charge on any atom is -0.507 e. The average Bonchev–Trinajstić information content (AvgIpc) is 3.66. The van der Waals surface area contributed by atoms with Crippen molar-refractivity contribution in [3.05, 3.63) is 36.7 Å². The lowest BCUT2D eigenvalue weighted by molar-refractivity contribution is 0.171. The van der Waals surface area contributed by atoms with Crippen LogP contribution in [0.25, 0.3) is 22.4 Å². The minimum absolute atomic E-state index is 0.0453. The summed E-state index contributed by atoms with van der Waals surface area (Å²) in [5.74, 6) is 1.40. The Balaban J connectivity index is 1.25. The molecule has 3 aliphatic rings. The van der Waals surface area contributed by atoms with Crippen LogP contribution >= 0.6 is 0 Å². The molecular formula is C26H29FN6O3. The zero-order chi connectivity index (χ0) is 24.8. The van der Waals surface area contributed by atoms with Gasteiger partial charge < -0.3 is 24.8 Å². The molecule has 1 aromatic carbocycles. The van der Waals surface area contributed by atoms with E-state index in [9.17, 15) is 5.11 Å². The topological polar surface area (TPSA) is 106 Å². The van der Waals surface area contributed by atoms with Crippen LogP contribution in [-0.2, 0) is 0 Å². The number of hydrogen-bond acceptors (Lipinski definition) is 9. The Bertz CT molecular complexity index is 1250.